The van der Waals surface area contributed by atoms with Crippen molar-refractivity contribution in [3.8, 4) is 5.75 Å². The number of nitrogens with two attached hydrogens (primary N) is 1. The van der Waals surface area contributed by atoms with E-state index in [1.807, 2.05) is 6.92 Å². The highest BCUT2D eigenvalue weighted by Crippen LogP contribution is 2.29. The number of rotatable bonds is 4. The van der Waals surface area contributed by atoms with Crippen molar-refractivity contribution in [1.29, 1.82) is 0 Å². The van der Waals surface area contributed by atoms with Gasteiger partial charge < -0.3 is 15.6 Å². The molecule has 0 saturated heterocycles. The average molecular weight is 246 g/mol. The van der Waals surface area contributed by atoms with Crippen LogP contribution >= 0.6 is 0 Å². The third kappa shape index (κ3) is 2.12. The molecule has 2 aromatic rings. The normalized spacial score (nSPS) is 12.3. The largest absolute Gasteiger partial charge is 0.492 e. The predicted molar refractivity (Wildman–Crippen MR) is 67.5 cm³/mol. The minimum atomic E-state index is -1.07. The van der Waals surface area contributed by atoms with E-state index in [1.54, 1.807) is 30.5 Å². The summed E-state index contributed by atoms with van der Waals surface area (Å²) in [6, 6.07) is 5.86. The Morgan fingerprint density at radius 1 is 1.50 bits per heavy atom. The number of nitrogens with zero attached hydrogens (tertiary/aromatic N) is 1. The molecular formula is C13H14N2O3. The van der Waals surface area contributed by atoms with Gasteiger partial charge in [-0.3, -0.25) is 9.78 Å². The van der Waals surface area contributed by atoms with E-state index in [1.165, 1.54) is 0 Å². The molecule has 5 heteroatoms. The van der Waals surface area contributed by atoms with E-state index in [-0.39, 0.29) is 0 Å². The van der Waals surface area contributed by atoms with Gasteiger partial charge in [-0.05, 0) is 24.6 Å². The van der Waals surface area contributed by atoms with Crippen molar-refractivity contribution in [2.45, 2.75) is 13.0 Å². The number of ether oxygens (including phenoxy) is 1. The van der Waals surface area contributed by atoms with Gasteiger partial charge >= 0.3 is 5.97 Å². The van der Waals surface area contributed by atoms with Crippen LogP contribution in [0.4, 0.5) is 0 Å². The summed E-state index contributed by atoms with van der Waals surface area (Å²) < 4.78 is 5.46. The molecule has 0 fully saturated rings. The van der Waals surface area contributed by atoms with Gasteiger partial charge in [0, 0.05) is 11.6 Å². The molecule has 3 N–H and O–H groups in total. The fourth-order valence-electron chi connectivity index (χ4n) is 1.84. The summed E-state index contributed by atoms with van der Waals surface area (Å²) in [6.45, 7) is 2.40. The highest BCUT2D eigenvalue weighted by Gasteiger charge is 2.18. The number of carboxylic acid groups (broad SMARTS) is 1. The highest BCUT2D eigenvalue weighted by atomic mass is 16.5. The number of carbonyl (C=O) groups is 1. The van der Waals surface area contributed by atoms with Gasteiger partial charge in [0.1, 0.15) is 17.3 Å². The lowest BCUT2D eigenvalue weighted by Crippen LogP contribution is -2.21. The monoisotopic (exact) mass is 246 g/mol. The molecule has 0 aliphatic rings. The van der Waals surface area contributed by atoms with E-state index < -0.39 is 12.0 Å². The summed E-state index contributed by atoms with van der Waals surface area (Å²) in [5.74, 6) is -0.432. The smallest absolute Gasteiger partial charge is 0.325 e. The zero-order valence-electron chi connectivity index (χ0n) is 9.96. The first-order chi connectivity index (χ1) is 8.65. The topological polar surface area (TPSA) is 85.4 Å². The van der Waals surface area contributed by atoms with E-state index in [9.17, 15) is 4.79 Å². The Morgan fingerprint density at radius 3 is 2.94 bits per heavy atom. The number of benzene rings is 1. The molecule has 0 saturated carbocycles. The molecule has 1 aromatic carbocycles. The maximum Gasteiger partial charge on any atom is 0.325 e. The summed E-state index contributed by atoms with van der Waals surface area (Å²) in [4.78, 5) is 15.2. The lowest BCUT2D eigenvalue weighted by atomic mass is 10.0. The van der Waals surface area contributed by atoms with Gasteiger partial charge in [0.15, 0.2) is 0 Å². The summed E-state index contributed by atoms with van der Waals surface area (Å²) in [5, 5.41) is 9.70. The summed E-state index contributed by atoms with van der Waals surface area (Å²) in [5.41, 5.74) is 6.83. The summed E-state index contributed by atoms with van der Waals surface area (Å²) in [6.07, 6.45) is 1.64. The minimum absolute atomic E-state index is 0.524. The van der Waals surface area contributed by atoms with Crippen LogP contribution in [0.2, 0.25) is 0 Å². The molecule has 18 heavy (non-hydrogen) atoms. The van der Waals surface area contributed by atoms with Gasteiger partial charge in [0.05, 0.1) is 6.61 Å². The molecule has 0 aliphatic carbocycles. The number of hydrogen-bond donors (Lipinski definition) is 2. The molecular weight excluding hydrogens is 232 g/mol. The van der Waals surface area contributed by atoms with Crippen LogP contribution in [0.1, 0.15) is 18.5 Å². The molecule has 0 bridgehead atoms. The second kappa shape index (κ2) is 5.01. The zero-order valence-corrected chi connectivity index (χ0v) is 9.96. The molecule has 0 radical (unpaired) electrons. The van der Waals surface area contributed by atoms with Crippen molar-refractivity contribution < 1.29 is 14.6 Å². The Kier molecular flexibility index (Phi) is 3.43. The zero-order chi connectivity index (χ0) is 13.1. The number of aromatic nitrogens is 1. The van der Waals surface area contributed by atoms with Gasteiger partial charge in [-0.25, -0.2) is 0 Å². The summed E-state index contributed by atoms with van der Waals surface area (Å²) >= 11 is 0. The van der Waals surface area contributed by atoms with E-state index >= 15 is 0 Å². The van der Waals surface area contributed by atoms with Crippen molar-refractivity contribution in [3.63, 3.8) is 0 Å². The van der Waals surface area contributed by atoms with E-state index in [0.29, 0.717) is 28.8 Å². The van der Waals surface area contributed by atoms with Crippen molar-refractivity contribution in [3.05, 3.63) is 36.0 Å². The highest BCUT2D eigenvalue weighted by molar-refractivity contribution is 5.91. The van der Waals surface area contributed by atoms with Gasteiger partial charge in [0.2, 0.25) is 0 Å². The Labute approximate surface area is 104 Å². The van der Waals surface area contributed by atoms with Crippen molar-refractivity contribution in [2.75, 3.05) is 6.61 Å². The lowest BCUT2D eigenvalue weighted by molar-refractivity contribution is -0.138. The van der Waals surface area contributed by atoms with Gasteiger partial charge in [0.25, 0.3) is 0 Å². The van der Waals surface area contributed by atoms with E-state index in [4.69, 9.17) is 15.6 Å². The maximum absolute atomic E-state index is 11.0. The van der Waals surface area contributed by atoms with Crippen LogP contribution in [-0.4, -0.2) is 22.7 Å². The SMILES string of the molecule is CCOc1ccc(C(N)C(=O)O)c2cccnc12. The van der Waals surface area contributed by atoms with Crippen LogP contribution in [0, 0.1) is 0 Å². The Morgan fingerprint density at radius 2 is 2.28 bits per heavy atom. The molecule has 94 valence electrons. The number of aliphatic carboxylic acids is 1. The first-order valence-corrected chi connectivity index (χ1v) is 5.64. The maximum atomic E-state index is 11.0. The molecule has 1 aromatic heterocycles. The first-order valence-electron chi connectivity index (χ1n) is 5.64. The van der Waals surface area contributed by atoms with Crippen molar-refractivity contribution in [1.82, 2.24) is 4.98 Å². The standard InChI is InChI=1S/C13H14N2O3/c1-2-18-10-6-5-8(11(14)13(16)17)9-4-3-7-15-12(9)10/h3-7,11H,2,14H2,1H3,(H,16,17). The number of hydrogen-bond acceptors (Lipinski definition) is 4. The average Bonchev–Trinajstić information content (AvgIpc) is 2.38. The number of pyridine rings is 1. The van der Waals surface area contributed by atoms with Gasteiger partial charge in [-0.1, -0.05) is 12.1 Å². The first kappa shape index (κ1) is 12.3. The third-order valence-electron chi connectivity index (χ3n) is 2.67. The van der Waals surface area contributed by atoms with Crippen LogP contribution in [0.25, 0.3) is 10.9 Å². The molecule has 5 nitrogen and oxygen atoms in total. The van der Waals surface area contributed by atoms with E-state index in [2.05, 4.69) is 4.98 Å². The van der Waals surface area contributed by atoms with Gasteiger partial charge in [-0.2, -0.15) is 0 Å². The van der Waals surface area contributed by atoms with Crippen LogP contribution in [0.5, 0.6) is 5.75 Å². The van der Waals surface area contributed by atoms with Crippen LogP contribution < -0.4 is 10.5 Å². The third-order valence-corrected chi connectivity index (χ3v) is 2.67. The lowest BCUT2D eigenvalue weighted by Gasteiger charge is -2.13. The number of fused-ring (bicyclic) bond motifs is 1. The molecule has 1 unspecified atom stereocenters. The second-order valence-electron chi connectivity index (χ2n) is 3.80. The fourth-order valence-corrected chi connectivity index (χ4v) is 1.84. The Balaban J connectivity index is 2.64. The van der Waals surface area contributed by atoms with Crippen LogP contribution in [-0.2, 0) is 4.79 Å². The minimum Gasteiger partial charge on any atom is -0.492 e. The molecule has 2 rings (SSSR count). The van der Waals surface area contributed by atoms with Crippen LogP contribution in [0.15, 0.2) is 30.5 Å². The molecule has 1 heterocycles. The molecule has 0 amide bonds. The summed E-state index contributed by atoms with van der Waals surface area (Å²) in [7, 11) is 0. The quantitative estimate of drug-likeness (QED) is 0.857. The molecule has 0 spiro atoms. The Bertz CT molecular complexity index is 583. The molecule has 0 aliphatic heterocycles. The van der Waals surface area contributed by atoms with E-state index in [0.717, 1.165) is 0 Å². The van der Waals surface area contributed by atoms with Gasteiger partial charge in [-0.15, -0.1) is 0 Å². The Hall–Kier alpha value is -2.14. The fraction of sp³-hybridized carbons (Fsp3) is 0.231. The van der Waals surface area contributed by atoms with Crippen molar-refractivity contribution >= 4 is 16.9 Å². The predicted octanol–water partition coefficient (Wildman–Crippen LogP) is 1.72. The van der Waals surface area contributed by atoms with Crippen molar-refractivity contribution in [2.24, 2.45) is 5.73 Å². The molecule has 1 atom stereocenters. The van der Waals surface area contributed by atoms with Crippen LogP contribution in [0.3, 0.4) is 0 Å². The second-order valence-corrected chi connectivity index (χ2v) is 3.80. The number of carboxylic acids is 1.